The highest BCUT2D eigenvalue weighted by molar-refractivity contribution is 5.97. The summed E-state index contributed by atoms with van der Waals surface area (Å²) in [6, 6.07) is 2.81. The minimum absolute atomic E-state index is 0.0818. The topological polar surface area (TPSA) is 110 Å². The van der Waals surface area contributed by atoms with Gasteiger partial charge in [0.2, 0.25) is 0 Å². The van der Waals surface area contributed by atoms with E-state index in [0.717, 1.165) is 18.9 Å². The maximum atomic E-state index is 12.6. The van der Waals surface area contributed by atoms with Crippen molar-refractivity contribution >= 4 is 17.6 Å². The molecule has 0 heterocycles. The second kappa shape index (κ2) is 6.64. The summed E-state index contributed by atoms with van der Waals surface area (Å²) in [5, 5.41) is 20.3. The monoisotopic (exact) mass is 322 g/mol. The van der Waals surface area contributed by atoms with E-state index in [4.69, 9.17) is 9.84 Å². The van der Waals surface area contributed by atoms with Crippen molar-refractivity contribution in [2.75, 3.05) is 6.61 Å². The van der Waals surface area contributed by atoms with Gasteiger partial charge in [0.05, 0.1) is 11.5 Å². The van der Waals surface area contributed by atoms with Crippen molar-refractivity contribution in [2.45, 2.75) is 38.8 Å². The summed E-state index contributed by atoms with van der Waals surface area (Å²) in [4.78, 5) is 35.6. The minimum Gasteiger partial charge on any atom is -0.487 e. The third-order valence-corrected chi connectivity index (χ3v) is 3.65. The second-order valence-electron chi connectivity index (χ2n) is 5.33. The maximum absolute atomic E-state index is 12.6. The van der Waals surface area contributed by atoms with Gasteiger partial charge in [0.25, 0.3) is 5.91 Å². The summed E-state index contributed by atoms with van der Waals surface area (Å²) in [6.45, 7) is 3.39. The molecule has 1 amide bonds. The van der Waals surface area contributed by atoms with E-state index in [2.05, 4.69) is 0 Å². The van der Waals surface area contributed by atoms with Crippen molar-refractivity contribution in [1.29, 1.82) is 0 Å². The lowest BCUT2D eigenvalue weighted by atomic mass is 10.1. The van der Waals surface area contributed by atoms with E-state index in [1.807, 2.05) is 0 Å². The van der Waals surface area contributed by atoms with Crippen molar-refractivity contribution in [3.8, 4) is 5.75 Å². The molecule has 2 rings (SSSR count). The van der Waals surface area contributed by atoms with E-state index >= 15 is 0 Å². The molecule has 0 spiro atoms. The van der Waals surface area contributed by atoms with Gasteiger partial charge >= 0.3 is 11.7 Å². The van der Waals surface area contributed by atoms with Gasteiger partial charge in [-0.1, -0.05) is 0 Å². The summed E-state index contributed by atoms with van der Waals surface area (Å²) in [5.74, 6) is -1.54. The number of carbonyl (C=O) groups is 2. The molecule has 1 saturated carbocycles. The van der Waals surface area contributed by atoms with Gasteiger partial charge in [0.1, 0.15) is 6.04 Å². The average molecular weight is 322 g/mol. The molecule has 0 aromatic heterocycles. The molecular weight excluding hydrogens is 304 g/mol. The lowest BCUT2D eigenvalue weighted by Crippen LogP contribution is -2.44. The van der Waals surface area contributed by atoms with Crippen LogP contribution in [0.15, 0.2) is 18.2 Å². The second-order valence-corrected chi connectivity index (χ2v) is 5.33. The molecule has 1 N–H and O–H groups in total. The molecule has 0 saturated heterocycles. The van der Waals surface area contributed by atoms with Crippen LogP contribution in [0.3, 0.4) is 0 Å². The Morgan fingerprint density at radius 1 is 1.48 bits per heavy atom. The van der Waals surface area contributed by atoms with Gasteiger partial charge in [0, 0.05) is 17.7 Å². The molecule has 0 aliphatic heterocycles. The standard InChI is InChI=1S/C15H18N2O6/c1-3-23-13-7-4-10(8-12(13)17(21)22)14(18)16(11-5-6-11)9(2)15(19)20/h4,7-9,11H,3,5-6H2,1-2H3,(H,19,20). The highest BCUT2D eigenvalue weighted by Gasteiger charge is 2.39. The first kappa shape index (κ1) is 16.7. The van der Waals surface area contributed by atoms with Crippen LogP contribution >= 0.6 is 0 Å². The van der Waals surface area contributed by atoms with E-state index in [1.165, 1.54) is 24.0 Å². The number of amides is 1. The number of hydrogen-bond acceptors (Lipinski definition) is 5. The number of benzene rings is 1. The summed E-state index contributed by atoms with van der Waals surface area (Å²) >= 11 is 0. The van der Waals surface area contributed by atoms with Crippen molar-refractivity contribution in [2.24, 2.45) is 0 Å². The number of carboxylic acids is 1. The molecule has 1 aromatic carbocycles. The highest BCUT2D eigenvalue weighted by atomic mass is 16.6. The van der Waals surface area contributed by atoms with Gasteiger partial charge in [-0.3, -0.25) is 14.9 Å². The van der Waals surface area contributed by atoms with Gasteiger partial charge < -0.3 is 14.7 Å². The Kier molecular flexibility index (Phi) is 4.83. The molecule has 23 heavy (non-hydrogen) atoms. The molecule has 124 valence electrons. The van der Waals surface area contributed by atoms with E-state index in [9.17, 15) is 19.7 Å². The number of nitro groups is 1. The first-order chi connectivity index (χ1) is 10.9. The number of nitrogens with zero attached hydrogens (tertiary/aromatic N) is 2. The average Bonchev–Trinajstić information content (AvgIpc) is 3.32. The number of rotatable bonds is 7. The molecule has 1 aliphatic carbocycles. The highest BCUT2D eigenvalue weighted by Crippen LogP contribution is 2.33. The Labute approximate surface area is 132 Å². The summed E-state index contributed by atoms with van der Waals surface area (Å²) in [6.07, 6.45) is 1.48. The van der Waals surface area contributed by atoms with E-state index < -0.39 is 22.8 Å². The number of ether oxygens (including phenoxy) is 1. The van der Waals surface area contributed by atoms with Crippen LogP contribution in [-0.4, -0.2) is 45.5 Å². The number of hydrogen-bond donors (Lipinski definition) is 1. The van der Waals surface area contributed by atoms with Crippen molar-refractivity contribution < 1.29 is 24.4 Å². The third-order valence-electron chi connectivity index (χ3n) is 3.65. The van der Waals surface area contributed by atoms with Crippen molar-refractivity contribution in [3.63, 3.8) is 0 Å². The molecule has 8 heteroatoms. The van der Waals surface area contributed by atoms with E-state index in [1.54, 1.807) is 6.92 Å². The van der Waals surface area contributed by atoms with Gasteiger partial charge in [-0.25, -0.2) is 4.79 Å². The fourth-order valence-electron chi connectivity index (χ4n) is 2.35. The van der Waals surface area contributed by atoms with Crippen LogP contribution in [-0.2, 0) is 4.79 Å². The lowest BCUT2D eigenvalue weighted by Gasteiger charge is -2.26. The Bertz CT molecular complexity index is 641. The van der Waals surface area contributed by atoms with Crippen LogP contribution in [0.2, 0.25) is 0 Å². The van der Waals surface area contributed by atoms with Crippen molar-refractivity contribution in [3.05, 3.63) is 33.9 Å². The molecule has 1 unspecified atom stereocenters. The minimum atomic E-state index is -1.11. The first-order valence-electron chi connectivity index (χ1n) is 7.33. The Morgan fingerprint density at radius 3 is 2.61 bits per heavy atom. The van der Waals surface area contributed by atoms with Crippen molar-refractivity contribution in [1.82, 2.24) is 4.90 Å². The molecule has 1 fully saturated rings. The SMILES string of the molecule is CCOc1ccc(C(=O)N(C2CC2)C(C)C(=O)O)cc1[N+](=O)[O-]. The quantitative estimate of drug-likeness (QED) is 0.608. The fraction of sp³-hybridized carbons (Fsp3) is 0.467. The number of nitro benzene ring substituents is 1. The molecule has 8 nitrogen and oxygen atoms in total. The Hall–Kier alpha value is -2.64. The molecular formula is C15H18N2O6. The van der Waals surface area contributed by atoms with Gasteiger partial charge in [0.15, 0.2) is 5.75 Å². The fourth-order valence-corrected chi connectivity index (χ4v) is 2.35. The first-order valence-corrected chi connectivity index (χ1v) is 7.33. The van der Waals surface area contributed by atoms with E-state index in [0.29, 0.717) is 0 Å². The zero-order chi connectivity index (χ0) is 17.1. The van der Waals surface area contributed by atoms with Crippen LogP contribution in [0, 0.1) is 10.1 Å². The van der Waals surface area contributed by atoms with Gasteiger partial charge in [-0.2, -0.15) is 0 Å². The Balaban J connectivity index is 2.35. The number of carboxylic acid groups (broad SMARTS) is 1. The van der Waals surface area contributed by atoms with Crippen LogP contribution in [0.4, 0.5) is 5.69 Å². The Morgan fingerprint density at radius 2 is 2.13 bits per heavy atom. The summed E-state index contributed by atoms with van der Waals surface area (Å²) in [7, 11) is 0. The molecule has 1 atom stereocenters. The van der Waals surface area contributed by atoms with Crippen LogP contribution in [0.25, 0.3) is 0 Å². The normalized spacial score (nSPS) is 14.9. The van der Waals surface area contributed by atoms with Crippen LogP contribution in [0.5, 0.6) is 5.75 Å². The van der Waals surface area contributed by atoms with E-state index in [-0.39, 0.29) is 29.6 Å². The third kappa shape index (κ3) is 3.58. The zero-order valence-electron chi connectivity index (χ0n) is 12.9. The molecule has 1 aliphatic rings. The molecule has 0 radical (unpaired) electrons. The summed E-state index contributed by atoms with van der Waals surface area (Å²) < 4.78 is 5.18. The van der Waals surface area contributed by atoms with Gasteiger partial charge in [-0.05, 0) is 38.8 Å². The van der Waals surface area contributed by atoms with Crippen LogP contribution < -0.4 is 4.74 Å². The number of carbonyl (C=O) groups excluding carboxylic acids is 1. The van der Waals surface area contributed by atoms with Gasteiger partial charge in [-0.15, -0.1) is 0 Å². The molecule has 1 aromatic rings. The maximum Gasteiger partial charge on any atom is 0.326 e. The zero-order valence-corrected chi connectivity index (χ0v) is 12.9. The number of aliphatic carboxylic acids is 1. The predicted molar refractivity (Wildman–Crippen MR) is 80.6 cm³/mol. The smallest absolute Gasteiger partial charge is 0.326 e. The largest absolute Gasteiger partial charge is 0.487 e. The van der Waals surface area contributed by atoms with Crippen LogP contribution in [0.1, 0.15) is 37.0 Å². The summed E-state index contributed by atoms with van der Waals surface area (Å²) in [5.41, 5.74) is -0.225. The lowest BCUT2D eigenvalue weighted by molar-refractivity contribution is -0.385. The predicted octanol–water partition coefficient (Wildman–Crippen LogP) is 2.07. The molecule has 0 bridgehead atoms.